The molecule has 7 nitrogen and oxygen atoms in total. The Morgan fingerprint density at radius 2 is 1.75 bits per heavy atom. The van der Waals surface area contributed by atoms with Crippen LogP contribution in [0, 0.1) is 0 Å². The van der Waals surface area contributed by atoms with Crippen LogP contribution in [0.25, 0.3) is 22.8 Å². The Morgan fingerprint density at radius 3 is 2.41 bits per heavy atom. The lowest BCUT2D eigenvalue weighted by atomic mass is 10.1. The number of hydrogen-bond acceptors (Lipinski definition) is 6. The van der Waals surface area contributed by atoms with Gasteiger partial charge in [-0.1, -0.05) is 6.92 Å². The normalized spacial score (nSPS) is 15.2. The highest BCUT2D eigenvalue weighted by atomic mass is 32.2. The number of alkyl halides is 5. The maximum atomic E-state index is 13.3. The number of aromatic nitrogens is 3. The molecule has 0 unspecified atom stereocenters. The molecule has 0 fully saturated rings. The predicted octanol–water partition coefficient (Wildman–Crippen LogP) is 4.28. The van der Waals surface area contributed by atoms with E-state index in [0.29, 0.717) is 23.5 Å². The maximum absolute atomic E-state index is 13.3. The van der Waals surface area contributed by atoms with Crippen LogP contribution < -0.4 is 9.47 Å². The number of ether oxygens (including phenoxy) is 2. The summed E-state index contributed by atoms with van der Waals surface area (Å²) in [5.74, 6) is -0.848. The van der Waals surface area contributed by atoms with Crippen molar-refractivity contribution in [2.24, 2.45) is 7.05 Å². The van der Waals surface area contributed by atoms with Crippen LogP contribution in [0.4, 0.5) is 22.0 Å². The van der Waals surface area contributed by atoms with Crippen LogP contribution in [0.15, 0.2) is 41.6 Å². The second-order valence-corrected chi connectivity index (χ2v) is 9.07. The molecule has 32 heavy (non-hydrogen) atoms. The Morgan fingerprint density at radius 1 is 1.06 bits per heavy atom. The lowest BCUT2D eigenvalue weighted by Gasteiger charge is -2.13. The largest absolute Gasteiger partial charge is 0.586 e. The van der Waals surface area contributed by atoms with Crippen LogP contribution in [0.3, 0.4) is 0 Å². The van der Waals surface area contributed by atoms with Crippen molar-refractivity contribution in [3.05, 3.63) is 42.2 Å². The standard InChI is InChI=1S/C19H14F5N3O4S/c1-3-32(28,29)15-7-11(18(20,21)22)8-25-16(15)17-26-9-12(27(17)2)10-4-5-13-14(6-10)31-19(23,24)30-13/h4-9H,3H2,1-2H3. The van der Waals surface area contributed by atoms with Crippen LogP contribution in [0.2, 0.25) is 0 Å². The second kappa shape index (κ2) is 7.15. The third kappa shape index (κ3) is 3.76. The average molecular weight is 475 g/mol. The zero-order valence-electron chi connectivity index (χ0n) is 16.4. The Hall–Kier alpha value is -3.22. The van der Waals surface area contributed by atoms with E-state index in [0.717, 1.165) is 0 Å². The average Bonchev–Trinajstić information content (AvgIpc) is 3.23. The van der Waals surface area contributed by atoms with Crippen molar-refractivity contribution >= 4 is 9.84 Å². The summed E-state index contributed by atoms with van der Waals surface area (Å²) < 4.78 is 101. The first-order valence-electron chi connectivity index (χ1n) is 9.05. The van der Waals surface area contributed by atoms with E-state index >= 15 is 0 Å². The number of nitrogens with zero attached hydrogens (tertiary/aromatic N) is 3. The van der Waals surface area contributed by atoms with E-state index in [1.165, 1.54) is 42.9 Å². The van der Waals surface area contributed by atoms with Crippen molar-refractivity contribution in [1.29, 1.82) is 0 Å². The number of halogens is 5. The Kier molecular flexibility index (Phi) is 4.91. The molecule has 0 N–H and O–H groups in total. The smallest absolute Gasteiger partial charge is 0.395 e. The monoisotopic (exact) mass is 475 g/mol. The Balaban J connectivity index is 1.83. The summed E-state index contributed by atoms with van der Waals surface area (Å²) in [7, 11) is -2.60. The van der Waals surface area contributed by atoms with Gasteiger partial charge in [-0.25, -0.2) is 13.4 Å². The summed E-state index contributed by atoms with van der Waals surface area (Å²) in [5.41, 5.74) is -0.749. The lowest BCUT2D eigenvalue weighted by Crippen LogP contribution is -2.25. The van der Waals surface area contributed by atoms with Crippen LogP contribution >= 0.6 is 0 Å². The minimum absolute atomic E-state index is 0.0243. The summed E-state index contributed by atoms with van der Waals surface area (Å²) in [6.07, 6.45) is -6.75. The molecule has 0 radical (unpaired) electrons. The van der Waals surface area contributed by atoms with Crippen LogP contribution in [0.5, 0.6) is 11.5 Å². The molecule has 0 atom stereocenters. The molecule has 1 aliphatic rings. The lowest BCUT2D eigenvalue weighted by molar-refractivity contribution is -0.286. The van der Waals surface area contributed by atoms with Gasteiger partial charge in [0.25, 0.3) is 0 Å². The second-order valence-electron chi connectivity index (χ2n) is 6.83. The molecular formula is C19H14F5N3O4S. The molecule has 170 valence electrons. The van der Waals surface area contributed by atoms with E-state index in [1.54, 1.807) is 0 Å². The molecule has 0 saturated heterocycles. The zero-order valence-corrected chi connectivity index (χ0v) is 17.3. The minimum atomic E-state index is -4.79. The van der Waals surface area contributed by atoms with Gasteiger partial charge in [0, 0.05) is 18.8 Å². The number of sulfone groups is 1. The molecule has 4 rings (SSSR count). The topological polar surface area (TPSA) is 83.3 Å². The molecule has 0 amide bonds. The number of fused-ring (bicyclic) bond motifs is 1. The first-order valence-corrected chi connectivity index (χ1v) is 10.7. The van der Waals surface area contributed by atoms with Crippen molar-refractivity contribution in [2.45, 2.75) is 24.3 Å². The maximum Gasteiger partial charge on any atom is 0.586 e. The van der Waals surface area contributed by atoms with Crippen LogP contribution in [-0.4, -0.2) is 35.0 Å². The molecule has 1 aliphatic heterocycles. The highest BCUT2D eigenvalue weighted by Gasteiger charge is 2.43. The van der Waals surface area contributed by atoms with Gasteiger partial charge in [0.05, 0.1) is 28.1 Å². The fraction of sp³-hybridized carbons (Fsp3) is 0.263. The first-order chi connectivity index (χ1) is 14.8. The van der Waals surface area contributed by atoms with Crippen molar-refractivity contribution in [3.63, 3.8) is 0 Å². The third-order valence-electron chi connectivity index (χ3n) is 4.79. The van der Waals surface area contributed by atoms with Crippen LogP contribution in [-0.2, 0) is 23.1 Å². The molecule has 3 heterocycles. The van der Waals surface area contributed by atoms with E-state index < -0.39 is 38.5 Å². The predicted molar refractivity (Wildman–Crippen MR) is 101 cm³/mol. The first kappa shape index (κ1) is 22.0. The highest BCUT2D eigenvalue weighted by molar-refractivity contribution is 7.91. The molecule has 0 aliphatic carbocycles. The molecule has 13 heteroatoms. The zero-order chi connectivity index (χ0) is 23.5. The van der Waals surface area contributed by atoms with E-state index in [9.17, 15) is 30.4 Å². The molecule has 1 aromatic carbocycles. The fourth-order valence-electron chi connectivity index (χ4n) is 3.17. The molecule has 0 saturated carbocycles. The molecule has 2 aromatic heterocycles. The van der Waals surface area contributed by atoms with E-state index in [2.05, 4.69) is 19.4 Å². The van der Waals surface area contributed by atoms with Gasteiger partial charge in [-0.3, -0.25) is 4.98 Å². The van der Waals surface area contributed by atoms with Crippen molar-refractivity contribution in [2.75, 3.05) is 5.75 Å². The molecule has 0 bridgehead atoms. The van der Waals surface area contributed by atoms with Crippen molar-refractivity contribution in [1.82, 2.24) is 14.5 Å². The Labute approximate surface area is 178 Å². The molecular weight excluding hydrogens is 461 g/mol. The highest BCUT2D eigenvalue weighted by Crippen LogP contribution is 2.43. The molecule has 3 aromatic rings. The van der Waals surface area contributed by atoms with Crippen molar-refractivity contribution < 1.29 is 39.8 Å². The number of hydrogen-bond donors (Lipinski definition) is 0. The number of imidazole rings is 1. The summed E-state index contributed by atoms with van der Waals surface area (Å²) in [5, 5.41) is 0. The number of benzene rings is 1. The third-order valence-corrected chi connectivity index (χ3v) is 6.53. The van der Waals surface area contributed by atoms with Crippen LogP contribution in [0.1, 0.15) is 12.5 Å². The van der Waals surface area contributed by atoms with Gasteiger partial charge in [0.1, 0.15) is 5.69 Å². The fourth-order valence-corrected chi connectivity index (χ4v) is 4.22. The summed E-state index contributed by atoms with van der Waals surface area (Å²) in [6.45, 7) is 1.30. The van der Waals surface area contributed by atoms with E-state index in [-0.39, 0.29) is 23.0 Å². The SMILES string of the molecule is CCS(=O)(=O)c1cc(C(F)(F)F)cnc1-c1ncc(-c2ccc3c(c2)OC(F)(F)O3)n1C. The summed E-state index contributed by atoms with van der Waals surface area (Å²) >= 11 is 0. The van der Waals surface area contributed by atoms with Crippen molar-refractivity contribution in [3.8, 4) is 34.3 Å². The summed E-state index contributed by atoms with van der Waals surface area (Å²) in [4.78, 5) is 7.26. The number of rotatable bonds is 4. The van der Waals surface area contributed by atoms with Gasteiger partial charge in [-0.2, -0.15) is 13.2 Å². The number of pyridine rings is 1. The van der Waals surface area contributed by atoms with Gasteiger partial charge >= 0.3 is 12.5 Å². The van der Waals surface area contributed by atoms with Gasteiger partial charge in [0.2, 0.25) is 0 Å². The minimum Gasteiger partial charge on any atom is -0.395 e. The van der Waals surface area contributed by atoms with Gasteiger partial charge in [0.15, 0.2) is 27.2 Å². The quantitative estimate of drug-likeness (QED) is 0.524. The molecule has 0 spiro atoms. The van der Waals surface area contributed by atoms with Gasteiger partial charge < -0.3 is 14.0 Å². The Bertz CT molecular complexity index is 1320. The van der Waals surface area contributed by atoms with E-state index in [1.807, 2.05) is 0 Å². The van der Waals surface area contributed by atoms with E-state index in [4.69, 9.17) is 0 Å². The van der Waals surface area contributed by atoms with Gasteiger partial charge in [-0.15, -0.1) is 8.78 Å². The summed E-state index contributed by atoms with van der Waals surface area (Å²) in [6, 6.07) is 4.52. The van der Waals surface area contributed by atoms with Gasteiger partial charge in [-0.05, 0) is 24.3 Å².